The lowest BCUT2D eigenvalue weighted by atomic mass is 9.81. The molecule has 1 heterocycles. The van der Waals surface area contributed by atoms with E-state index in [2.05, 4.69) is 4.37 Å². The Morgan fingerprint density at radius 2 is 2.25 bits per heavy atom. The number of nitrogens with zero attached hydrogens (tertiary/aromatic N) is 1. The first kappa shape index (κ1) is 11.1. The lowest BCUT2D eigenvalue weighted by Crippen LogP contribution is -2.21. The Balaban J connectivity index is 2.41. The maximum Gasteiger partial charge on any atom is 0.304 e. The molecule has 0 amide bonds. The third kappa shape index (κ3) is 2.07. The average molecular weight is 235 g/mol. The molecule has 84 valence electrons. The molecule has 0 saturated heterocycles. The lowest BCUT2D eigenvalue weighted by Gasteiger charge is -2.22. The highest BCUT2D eigenvalue weighted by Gasteiger charge is 2.24. The van der Waals surface area contributed by atoms with Crippen molar-refractivity contribution in [3.63, 3.8) is 0 Å². The number of hydrogen-bond donors (Lipinski definition) is 1. The van der Waals surface area contributed by atoms with Crippen molar-refractivity contribution in [2.75, 3.05) is 0 Å². The van der Waals surface area contributed by atoms with Crippen LogP contribution in [0.15, 0.2) is 24.4 Å². The summed E-state index contributed by atoms with van der Waals surface area (Å²) in [7, 11) is 0. The van der Waals surface area contributed by atoms with Gasteiger partial charge >= 0.3 is 5.97 Å². The maximum absolute atomic E-state index is 10.8. The zero-order valence-corrected chi connectivity index (χ0v) is 10.0. The normalized spacial score (nSPS) is 11.9. The van der Waals surface area contributed by atoms with Gasteiger partial charge in [0, 0.05) is 17.0 Å². The number of aromatic nitrogens is 1. The van der Waals surface area contributed by atoms with Gasteiger partial charge in [-0.05, 0) is 23.2 Å². The Kier molecular flexibility index (Phi) is 2.68. The van der Waals surface area contributed by atoms with Crippen molar-refractivity contribution in [1.82, 2.24) is 4.37 Å². The molecule has 0 saturated carbocycles. The van der Waals surface area contributed by atoms with Crippen molar-refractivity contribution in [2.45, 2.75) is 25.7 Å². The van der Waals surface area contributed by atoms with Crippen molar-refractivity contribution >= 4 is 27.6 Å². The van der Waals surface area contributed by atoms with E-state index in [0.29, 0.717) is 0 Å². The second-order valence-electron chi connectivity index (χ2n) is 4.53. The van der Waals surface area contributed by atoms with Gasteiger partial charge in [0.2, 0.25) is 0 Å². The van der Waals surface area contributed by atoms with E-state index in [1.54, 1.807) is 0 Å². The fourth-order valence-electron chi connectivity index (χ4n) is 1.76. The van der Waals surface area contributed by atoms with Gasteiger partial charge in [-0.3, -0.25) is 4.79 Å². The molecule has 0 bridgehead atoms. The fourth-order valence-corrected chi connectivity index (χ4v) is 2.45. The molecule has 0 radical (unpaired) electrons. The molecule has 0 aliphatic carbocycles. The summed E-state index contributed by atoms with van der Waals surface area (Å²) in [5.41, 5.74) is 0.705. The van der Waals surface area contributed by atoms with Gasteiger partial charge in [-0.2, -0.15) is 4.37 Å². The van der Waals surface area contributed by atoms with Gasteiger partial charge in [0.15, 0.2) is 0 Å². The van der Waals surface area contributed by atoms with Crippen LogP contribution in [0.25, 0.3) is 10.1 Å². The Labute approximate surface area is 97.9 Å². The minimum absolute atomic E-state index is 0.136. The predicted octanol–water partition coefficient (Wildman–Crippen LogP) is 3.05. The average Bonchev–Trinajstić information content (AvgIpc) is 2.61. The molecule has 0 unspecified atom stereocenters. The quantitative estimate of drug-likeness (QED) is 0.889. The molecule has 3 nitrogen and oxygen atoms in total. The molecular formula is C12H13NO2S. The van der Waals surface area contributed by atoms with Crippen molar-refractivity contribution < 1.29 is 9.90 Å². The van der Waals surface area contributed by atoms with E-state index >= 15 is 0 Å². The van der Waals surface area contributed by atoms with E-state index < -0.39 is 5.97 Å². The first-order valence-corrected chi connectivity index (χ1v) is 5.83. The first-order chi connectivity index (χ1) is 7.49. The summed E-state index contributed by atoms with van der Waals surface area (Å²) in [5, 5.41) is 9.98. The summed E-state index contributed by atoms with van der Waals surface area (Å²) in [5.74, 6) is -0.769. The van der Waals surface area contributed by atoms with E-state index in [9.17, 15) is 4.79 Å². The molecule has 4 heteroatoms. The molecule has 16 heavy (non-hydrogen) atoms. The smallest absolute Gasteiger partial charge is 0.304 e. The van der Waals surface area contributed by atoms with Crippen LogP contribution in [-0.4, -0.2) is 15.4 Å². The first-order valence-electron chi connectivity index (χ1n) is 5.06. The standard InChI is InChI=1S/C12H13NO2S/c1-12(2,6-11(14)15)9-4-3-8-7-13-16-10(8)5-9/h3-5,7H,6H2,1-2H3,(H,14,15). The van der Waals surface area contributed by atoms with Crippen molar-refractivity contribution in [1.29, 1.82) is 0 Å². The van der Waals surface area contributed by atoms with E-state index in [1.165, 1.54) is 11.5 Å². The van der Waals surface area contributed by atoms with Crippen LogP contribution in [0, 0.1) is 0 Å². The van der Waals surface area contributed by atoms with Gasteiger partial charge in [0.1, 0.15) is 0 Å². The topological polar surface area (TPSA) is 50.2 Å². The number of carboxylic acid groups (broad SMARTS) is 1. The molecule has 0 spiro atoms. The zero-order chi connectivity index (χ0) is 11.8. The molecule has 0 fully saturated rings. The Morgan fingerprint density at radius 3 is 2.94 bits per heavy atom. The molecule has 0 aliphatic rings. The van der Waals surface area contributed by atoms with Crippen molar-refractivity contribution in [3.05, 3.63) is 30.0 Å². The van der Waals surface area contributed by atoms with E-state index in [4.69, 9.17) is 5.11 Å². The predicted molar refractivity (Wildman–Crippen MR) is 64.9 cm³/mol. The molecule has 2 rings (SSSR count). The molecule has 1 aromatic carbocycles. The lowest BCUT2D eigenvalue weighted by molar-refractivity contribution is -0.138. The van der Waals surface area contributed by atoms with Crippen molar-refractivity contribution in [3.8, 4) is 0 Å². The van der Waals surface area contributed by atoms with Crippen LogP contribution in [0.4, 0.5) is 0 Å². The second-order valence-corrected chi connectivity index (χ2v) is 5.37. The number of aliphatic carboxylic acids is 1. The summed E-state index contributed by atoms with van der Waals surface area (Å²) in [6.45, 7) is 3.90. The summed E-state index contributed by atoms with van der Waals surface area (Å²) in [4.78, 5) is 10.8. The second kappa shape index (κ2) is 3.87. The van der Waals surface area contributed by atoms with Gasteiger partial charge in [-0.25, -0.2) is 0 Å². The van der Waals surface area contributed by atoms with Crippen LogP contribution >= 0.6 is 11.5 Å². The SMILES string of the molecule is CC(C)(CC(=O)O)c1ccc2cnsc2c1. The van der Waals surface area contributed by atoms with Crippen molar-refractivity contribution in [2.24, 2.45) is 0 Å². The number of rotatable bonds is 3. The summed E-state index contributed by atoms with van der Waals surface area (Å²) in [6, 6.07) is 6.02. The molecular weight excluding hydrogens is 222 g/mol. The Hall–Kier alpha value is -1.42. The highest BCUT2D eigenvalue weighted by atomic mass is 32.1. The number of hydrogen-bond acceptors (Lipinski definition) is 3. The third-order valence-corrected chi connectivity index (χ3v) is 3.49. The van der Waals surface area contributed by atoms with Gasteiger partial charge in [-0.1, -0.05) is 26.0 Å². The van der Waals surface area contributed by atoms with Gasteiger partial charge < -0.3 is 5.11 Å². The summed E-state index contributed by atoms with van der Waals surface area (Å²) >= 11 is 1.44. The molecule has 1 aromatic heterocycles. The van der Waals surface area contributed by atoms with Gasteiger partial charge in [0.05, 0.1) is 11.1 Å². The number of fused-ring (bicyclic) bond motifs is 1. The van der Waals surface area contributed by atoms with Crippen LogP contribution in [0.3, 0.4) is 0 Å². The molecule has 0 aliphatic heterocycles. The number of benzene rings is 1. The molecule has 1 N–H and O–H groups in total. The highest BCUT2D eigenvalue weighted by molar-refractivity contribution is 7.13. The van der Waals surface area contributed by atoms with Crippen LogP contribution in [-0.2, 0) is 10.2 Å². The fraction of sp³-hybridized carbons (Fsp3) is 0.333. The van der Waals surface area contributed by atoms with E-state index in [-0.39, 0.29) is 11.8 Å². The number of carboxylic acids is 1. The van der Waals surface area contributed by atoms with Crippen LogP contribution < -0.4 is 0 Å². The minimum Gasteiger partial charge on any atom is -0.481 e. The van der Waals surface area contributed by atoms with E-state index in [1.807, 2.05) is 38.2 Å². The summed E-state index contributed by atoms with van der Waals surface area (Å²) < 4.78 is 5.22. The third-order valence-electron chi connectivity index (χ3n) is 2.73. The largest absolute Gasteiger partial charge is 0.481 e. The van der Waals surface area contributed by atoms with Crippen LogP contribution in [0.2, 0.25) is 0 Å². The Morgan fingerprint density at radius 1 is 1.50 bits per heavy atom. The molecule has 2 aromatic rings. The minimum atomic E-state index is -0.769. The Bertz CT molecular complexity index is 531. The van der Waals surface area contributed by atoms with Crippen LogP contribution in [0.5, 0.6) is 0 Å². The highest BCUT2D eigenvalue weighted by Crippen LogP contribution is 2.30. The maximum atomic E-state index is 10.8. The number of carbonyl (C=O) groups is 1. The van der Waals surface area contributed by atoms with E-state index in [0.717, 1.165) is 15.6 Å². The monoisotopic (exact) mass is 235 g/mol. The zero-order valence-electron chi connectivity index (χ0n) is 9.23. The van der Waals surface area contributed by atoms with Gasteiger partial charge in [0.25, 0.3) is 0 Å². The van der Waals surface area contributed by atoms with Gasteiger partial charge in [-0.15, -0.1) is 0 Å². The van der Waals surface area contributed by atoms with Crippen LogP contribution in [0.1, 0.15) is 25.8 Å². The molecule has 0 atom stereocenters. The summed E-state index contributed by atoms with van der Waals surface area (Å²) in [6.07, 6.45) is 1.96.